The number of amides is 1. The van der Waals surface area contributed by atoms with Crippen LogP contribution in [0, 0.1) is 0 Å². The van der Waals surface area contributed by atoms with Gasteiger partial charge in [-0.1, -0.05) is 30.3 Å². The van der Waals surface area contributed by atoms with Crippen molar-refractivity contribution in [3.8, 4) is 0 Å². The van der Waals surface area contributed by atoms with Crippen LogP contribution in [0.5, 0.6) is 0 Å². The topological polar surface area (TPSA) is 77.8 Å². The number of likely N-dealkylation sites (tertiary alicyclic amines) is 1. The molecule has 0 spiro atoms. The maximum atomic E-state index is 12.0. The van der Waals surface area contributed by atoms with Gasteiger partial charge in [0.1, 0.15) is 6.04 Å². The number of aliphatic hydroxyl groups excluding tert-OH is 1. The molecule has 1 aliphatic rings. The van der Waals surface area contributed by atoms with Gasteiger partial charge in [-0.2, -0.15) is 0 Å². The molecule has 0 saturated carbocycles. The van der Waals surface area contributed by atoms with Crippen LogP contribution in [0.15, 0.2) is 30.3 Å². The second kappa shape index (κ2) is 5.84. The van der Waals surface area contributed by atoms with E-state index in [0.717, 1.165) is 5.56 Å². The molecule has 1 fully saturated rings. The van der Waals surface area contributed by atoms with E-state index in [0.29, 0.717) is 6.42 Å². The van der Waals surface area contributed by atoms with Crippen molar-refractivity contribution in [2.75, 3.05) is 6.54 Å². The molecule has 1 aliphatic heterocycles. The Bertz CT molecular complexity index is 460. The lowest BCUT2D eigenvalue weighted by Crippen LogP contribution is -2.40. The van der Waals surface area contributed by atoms with Crippen molar-refractivity contribution in [1.29, 1.82) is 0 Å². The first-order chi connectivity index (χ1) is 9.08. The minimum absolute atomic E-state index is 0.116. The molecular formula is C14H17NO4. The van der Waals surface area contributed by atoms with Crippen molar-refractivity contribution in [3.05, 3.63) is 35.9 Å². The molecule has 0 aliphatic carbocycles. The summed E-state index contributed by atoms with van der Waals surface area (Å²) in [4.78, 5) is 24.3. The Morgan fingerprint density at radius 2 is 1.95 bits per heavy atom. The van der Waals surface area contributed by atoms with Gasteiger partial charge >= 0.3 is 5.97 Å². The van der Waals surface area contributed by atoms with Crippen LogP contribution in [0.3, 0.4) is 0 Å². The highest BCUT2D eigenvalue weighted by atomic mass is 16.4. The van der Waals surface area contributed by atoms with Crippen molar-refractivity contribution in [2.45, 2.75) is 31.4 Å². The van der Waals surface area contributed by atoms with E-state index in [1.165, 1.54) is 4.90 Å². The van der Waals surface area contributed by atoms with Crippen LogP contribution < -0.4 is 0 Å². The summed E-state index contributed by atoms with van der Waals surface area (Å²) in [5.74, 6) is -1.27. The zero-order valence-electron chi connectivity index (χ0n) is 10.5. The maximum absolute atomic E-state index is 12.0. The van der Waals surface area contributed by atoms with Gasteiger partial charge in [0.05, 0.1) is 6.10 Å². The summed E-state index contributed by atoms with van der Waals surface area (Å²) in [5, 5.41) is 18.5. The van der Waals surface area contributed by atoms with Crippen LogP contribution in [0.25, 0.3) is 0 Å². The van der Waals surface area contributed by atoms with E-state index < -0.39 is 18.1 Å². The van der Waals surface area contributed by atoms with Crippen LogP contribution >= 0.6 is 0 Å². The van der Waals surface area contributed by atoms with E-state index >= 15 is 0 Å². The van der Waals surface area contributed by atoms with Crippen LogP contribution in [0.2, 0.25) is 0 Å². The van der Waals surface area contributed by atoms with Gasteiger partial charge in [0, 0.05) is 19.4 Å². The number of carboxylic acid groups (broad SMARTS) is 1. The first kappa shape index (κ1) is 13.5. The first-order valence-electron chi connectivity index (χ1n) is 6.32. The van der Waals surface area contributed by atoms with Crippen molar-refractivity contribution < 1.29 is 19.8 Å². The highest BCUT2D eigenvalue weighted by Gasteiger charge is 2.38. The van der Waals surface area contributed by atoms with Gasteiger partial charge in [0.25, 0.3) is 0 Å². The summed E-state index contributed by atoms with van der Waals surface area (Å²) in [6, 6.07) is 8.68. The zero-order valence-corrected chi connectivity index (χ0v) is 10.5. The van der Waals surface area contributed by atoms with E-state index in [1.807, 2.05) is 30.3 Å². The number of hydrogen-bond acceptors (Lipinski definition) is 3. The predicted octanol–water partition coefficient (Wildman–Crippen LogP) is 0.666. The smallest absolute Gasteiger partial charge is 0.326 e. The minimum atomic E-state index is -1.05. The van der Waals surface area contributed by atoms with Gasteiger partial charge in [0.2, 0.25) is 5.91 Å². The standard InChI is InChI=1S/C14H17NO4/c16-11-8-12(14(18)19)15(9-11)13(17)7-6-10-4-2-1-3-5-10/h1-5,11-12,16H,6-9H2,(H,18,19)/t11?,12-/m0/s1. The number of aliphatic hydroxyl groups is 1. The quantitative estimate of drug-likeness (QED) is 0.836. The van der Waals surface area contributed by atoms with Crippen LogP contribution in [0.1, 0.15) is 18.4 Å². The predicted molar refractivity (Wildman–Crippen MR) is 68.5 cm³/mol. The Morgan fingerprint density at radius 3 is 2.58 bits per heavy atom. The summed E-state index contributed by atoms with van der Waals surface area (Å²) in [7, 11) is 0. The molecule has 1 unspecified atom stereocenters. The number of carboxylic acids is 1. The van der Waals surface area contributed by atoms with Crippen molar-refractivity contribution in [2.24, 2.45) is 0 Å². The average molecular weight is 263 g/mol. The maximum Gasteiger partial charge on any atom is 0.326 e. The summed E-state index contributed by atoms with van der Waals surface area (Å²) >= 11 is 0. The molecule has 1 aromatic carbocycles. The SMILES string of the molecule is O=C(O)[C@@H]1CC(O)CN1C(=O)CCc1ccccc1. The minimum Gasteiger partial charge on any atom is -0.480 e. The van der Waals surface area contributed by atoms with Gasteiger partial charge in [-0.05, 0) is 12.0 Å². The average Bonchev–Trinajstić information content (AvgIpc) is 2.79. The molecule has 19 heavy (non-hydrogen) atoms. The molecule has 5 heteroatoms. The molecule has 0 bridgehead atoms. The molecule has 1 heterocycles. The highest BCUT2D eigenvalue weighted by molar-refractivity contribution is 5.84. The summed E-state index contributed by atoms with van der Waals surface area (Å²) < 4.78 is 0. The lowest BCUT2D eigenvalue weighted by Gasteiger charge is -2.21. The number of benzene rings is 1. The molecule has 1 aromatic rings. The normalized spacial score (nSPS) is 22.5. The van der Waals surface area contributed by atoms with Gasteiger partial charge < -0.3 is 15.1 Å². The lowest BCUT2D eigenvalue weighted by atomic mass is 10.1. The molecule has 0 aromatic heterocycles. The van der Waals surface area contributed by atoms with E-state index in [1.54, 1.807) is 0 Å². The second-order valence-electron chi connectivity index (χ2n) is 4.78. The molecular weight excluding hydrogens is 246 g/mol. The van der Waals surface area contributed by atoms with E-state index in [2.05, 4.69) is 0 Å². The molecule has 102 valence electrons. The Morgan fingerprint density at radius 1 is 1.26 bits per heavy atom. The number of aliphatic carboxylic acids is 1. The third kappa shape index (κ3) is 3.32. The zero-order chi connectivity index (χ0) is 13.8. The van der Waals surface area contributed by atoms with Crippen molar-refractivity contribution in [3.63, 3.8) is 0 Å². The first-order valence-corrected chi connectivity index (χ1v) is 6.32. The number of nitrogens with zero attached hydrogens (tertiary/aromatic N) is 1. The van der Waals surface area contributed by atoms with Gasteiger partial charge in [-0.3, -0.25) is 4.79 Å². The summed E-state index contributed by atoms with van der Waals surface area (Å²) in [6.07, 6.45) is 0.229. The van der Waals surface area contributed by atoms with Crippen LogP contribution in [0.4, 0.5) is 0 Å². The van der Waals surface area contributed by atoms with Crippen LogP contribution in [-0.2, 0) is 16.0 Å². The van der Waals surface area contributed by atoms with Gasteiger partial charge in [-0.15, -0.1) is 0 Å². The largest absolute Gasteiger partial charge is 0.480 e. The van der Waals surface area contributed by atoms with Gasteiger partial charge in [-0.25, -0.2) is 4.79 Å². The Kier molecular flexibility index (Phi) is 4.16. The molecule has 0 radical (unpaired) electrons. The monoisotopic (exact) mass is 263 g/mol. The Hall–Kier alpha value is -1.88. The molecule has 2 N–H and O–H groups in total. The number of hydrogen-bond donors (Lipinski definition) is 2. The second-order valence-corrected chi connectivity index (χ2v) is 4.78. The van der Waals surface area contributed by atoms with E-state index in [9.17, 15) is 14.7 Å². The Balaban J connectivity index is 1.94. The number of rotatable bonds is 4. The van der Waals surface area contributed by atoms with Crippen molar-refractivity contribution in [1.82, 2.24) is 4.90 Å². The Labute approximate surface area is 111 Å². The lowest BCUT2D eigenvalue weighted by molar-refractivity contribution is -0.148. The number of β-amino-alcohol motifs (C(OH)–C–C–N with tert-alkyl or cyclic N) is 1. The number of carbonyl (C=O) groups is 2. The fourth-order valence-corrected chi connectivity index (χ4v) is 2.36. The fraction of sp³-hybridized carbons (Fsp3) is 0.429. The molecule has 2 atom stereocenters. The third-order valence-electron chi connectivity index (χ3n) is 3.35. The van der Waals surface area contributed by atoms with Crippen LogP contribution in [-0.4, -0.2) is 45.7 Å². The molecule has 5 nitrogen and oxygen atoms in total. The number of aryl methyl sites for hydroxylation is 1. The molecule has 1 saturated heterocycles. The fourth-order valence-electron chi connectivity index (χ4n) is 2.36. The van der Waals surface area contributed by atoms with E-state index in [-0.39, 0.29) is 25.3 Å². The van der Waals surface area contributed by atoms with Gasteiger partial charge in [0.15, 0.2) is 0 Å². The molecule has 1 amide bonds. The van der Waals surface area contributed by atoms with Crippen molar-refractivity contribution >= 4 is 11.9 Å². The molecule has 2 rings (SSSR count). The number of carbonyl (C=O) groups excluding carboxylic acids is 1. The van der Waals surface area contributed by atoms with E-state index in [4.69, 9.17) is 5.11 Å². The highest BCUT2D eigenvalue weighted by Crippen LogP contribution is 2.19. The summed E-state index contributed by atoms with van der Waals surface area (Å²) in [6.45, 7) is 0.116. The third-order valence-corrected chi connectivity index (χ3v) is 3.35. The summed E-state index contributed by atoms with van der Waals surface area (Å²) in [5.41, 5.74) is 1.04.